The van der Waals surface area contributed by atoms with Crippen LogP contribution >= 0.6 is 11.8 Å². The number of carboxylic acids is 1. The molecule has 120 valence electrons. The lowest BCUT2D eigenvalue weighted by molar-refractivity contribution is -0.149. The molecule has 2 N–H and O–H groups in total. The number of nitrogens with one attached hydrogen (secondary N) is 1. The van der Waals surface area contributed by atoms with Gasteiger partial charge in [-0.1, -0.05) is 38.1 Å². The lowest BCUT2D eigenvalue weighted by Gasteiger charge is -2.29. The first-order chi connectivity index (χ1) is 10.5. The maximum Gasteiger partial charge on any atom is 0.311 e. The maximum absolute atomic E-state index is 12.5. The molecule has 2 rings (SSSR count). The van der Waals surface area contributed by atoms with Crippen molar-refractivity contribution in [1.82, 2.24) is 5.32 Å². The summed E-state index contributed by atoms with van der Waals surface area (Å²) < 4.78 is 0. The molecular formula is C17H23NO3S. The van der Waals surface area contributed by atoms with Gasteiger partial charge >= 0.3 is 5.97 Å². The minimum absolute atomic E-state index is 0.0790. The van der Waals surface area contributed by atoms with Crippen molar-refractivity contribution in [1.29, 1.82) is 0 Å². The topological polar surface area (TPSA) is 66.4 Å². The summed E-state index contributed by atoms with van der Waals surface area (Å²) >= 11 is 1.63. The first kappa shape index (κ1) is 16.9. The van der Waals surface area contributed by atoms with E-state index in [2.05, 4.69) is 11.4 Å². The second-order valence-electron chi connectivity index (χ2n) is 5.71. The summed E-state index contributed by atoms with van der Waals surface area (Å²) in [6.07, 6.45) is 1.99. The summed E-state index contributed by atoms with van der Waals surface area (Å²) in [4.78, 5) is 24.1. The molecule has 0 spiro atoms. The summed E-state index contributed by atoms with van der Waals surface area (Å²) in [5.74, 6) is -0.0000431. The van der Waals surface area contributed by atoms with Gasteiger partial charge in [0.25, 0.3) is 0 Å². The second kappa shape index (κ2) is 7.18. The quantitative estimate of drug-likeness (QED) is 0.845. The van der Waals surface area contributed by atoms with Crippen LogP contribution in [-0.4, -0.2) is 29.3 Å². The molecule has 5 heteroatoms. The van der Waals surface area contributed by atoms with Crippen LogP contribution in [0.25, 0.3) is 0 Å². The Morgan fingerprint density at radius 2 is 2.00 bits per heavy atom. The van der Waals surface area contributed by atoms with E-state index >= 15 is 0 Å². The number of fused-ring (bicyclic) bond motifs is 1. The van der Waals surface area contributed by atoms with Crippen molar-refractivity contribution < 1.29 is 14.7 Å². The number of hydrogen-bond acceptors (Lipinski definition) is 3. The molecule has 0 fully saturated rings. The maximum atomic E-state index is 12.5. The molecule has 1 heterocycles. The number of aliphatic carboxylic acids is 1. The molecule has 0 aromatic heterocycles. The van der Waals surface area contributed by atoms with Gasteiger partial charge in [-0.15, -0.1) is 11.8 Å². The Kier molecular flexibility index (Phi) is 5.51. The van der Waals surface area contributed by atoms with E-state index in [4.69, 9.17) is 0 Å². The van der Waals surface area contributed by atoms with E-state index in [-0.39, 0.29) is 17.7 Å². The molecule has 22 heavy (non-hydrogen) atoms. The third-order valence-corrected chi connectivity index (χ3v) is 5.88. The number of benzene rings is 1. The van der Waals surface area contributed by atoms with E-state index in [0.717, 1.165) is 17.7 Å². The van der Waals surface area contributed by atoms with E-state index in [1.165, 1.54) is 5.56 Å². The molecule has 1 aromatic carbocycles. The summed E-state index contributed by atoms with van der Waals surface area (Å²) in [6.45, 7) is 3.90. The molecule has 0 saturated carbocycles. The molecule has 0 saturated heterocycles. The van der Waals surface area contributed by atoms with Crippen molar-refractivity contribution in [2.24, 2.45) is 5.41 Å². The Hall–Kier alpha value is -1.49. The fourth-order valence-electron chi connectivity index (χ4n) is 2.84. The van der Waals surface area contributed by atoms with Gasteiger partial charge in [-0.3, -0.25) is 9.59 Å². The monoisotopic (exact) mass is 321 g/mol. The molecule has 1 amide bonds. The second-order valence-corrected chi connectivity index (χ2v) is 6.92. The largest absolute Gasteiger partial charge is 0.481 e. The molecule has 1 aliphatic rings. The van der Waals surface area contributed by atoms with Crippen LogP contribution < -0.4 is 5.32 Å². The van der Waals surface area contributed by atoms with Crippen LogP contribution in [0.2, 0.25) is 0 Å². The van der Waals surface area contributed by atoms with E-state index in [1.54, 1.807) is 11.8 Å². The zero-order valence-electron chi connectivity index (χ0n) is 13.1. The normalized spacial score (nSPS) is 17.6. The molecule has 0 aliphatic carbocycles. The van der Waals surface area contributed by atoms with Gasteiger partial charge in [0.2, 0.25) is 5.91 Å². The van der Waals surface area contributed by atoms with Gasteiger partial charge in [0.05, 0.1) is 5.41 Å². The summed E-state index contributed by atoms with van der Waals surface area (Å²) in [5.41, 5.74) is 1.41. The Labute approximate surface area is 135 Å². The highest BCUT2D eigenvalue weighted by atomic mass is 32.2. The molecule has 0 radical (unpaired) electrons. The SMILES string of the molecule is CCC(CC)(CNC(=O)C1SCCc2ccccc21)C(=O)O. The lowest BCUT2D eigenvalue weighted by atomic mass is 9.82. The van der Waals surface area contributed by atoms with Crippen molar-refractivity contribution in [3.63, 3.8) is 0 Å². The van der Waals surface area contributed by atoms with E-state index in [0.29, 0.717) is 12.8 Å². The number of aryl methyl sites for hydroxylation is 1. The first-order valence-electron chi connectivity index (χ1n) is 7.74. The van der Waals surface area contributed by atoms with Gasteiger partial charge in [0, 0.05) is 6.54 Å². The molecular weight excluding hydrogens is 298 g/mol. The Morgan fingerprint density at radius 3 is 2.64 bits per heavy atom. The van der Waals surface area contributed by atoms with Gasteiger partial charge in [-0.05, 0) is 36.1 Å². The van der Waals surface area contributed by atoms with E-state index in [9.17, 15) is 14.7 Å². The van der Waals surface area contributed by atoms with Crippen molar-refractivity contribution in [3.05, 3.63) is 35.4 Å². The highest BCUT2D eigenvalue weighted by Crippen LogP contribution is 2.37. The van der Waals surface area contributed by atoms with Crippen molar-refractivity contribution in [2.75, 3.05) is 12.3 Å². The van der Waals surface area contributed by atoms with Gasteiger partial charge in [0.1, 0.15) is 5.25 Å². The Balaban J connectivity index is 2.09. The third kappa shape index (κ3) is 3.29. The number of rotatable bonds is 6. The molecule has 1 atom stereocenters. The predicted molar refractivity (Wildman–Crippen MR) is 89.0 cm³/mol. The highest BCUT2D eigenvalue weighted by Gasteiger charge is 2.36. The van der Waals surface area contributed by atoms with Crippen LogP contribution in [0.3, 0.4) is 0 Å². The van der Waals surface area contributed by atoms with Gasteiger partial charge in [0.15, 0.2) is 0 Å². The fourth-order valence-corrected chi connectivity index (χ4v) is 4.06. The van der Waals surface area contributed by atoms with Gasteiger partial charge < -0.3 is 10.4 Å². The number of carbonyl (C=O) groups is 2. The predicted octanol–water partition coefficient (Wildman–Crippen LogP) is 3.02. The van der Waals surface area contributed by atoms with Gasteiger partial charge in [-0.2, -0.15) is 0 Å². The number of carbonyl (C=O) groups excluding carboxylic acids is 1. The third-order valence-electron chi connectivity index (χ3n) is 4.64. The first-order valence-corrected chi connectivity index (χ1v) is 8.79. The molecule has 4 nitrogen and oxygen atoms in total. The average molecular weight is 321 g/mol. The highest BCUT2D eigenvalue weighted by molar-refractivity contribution is 8.00. The summed E-state index contributed by atoms with van der Waals surface area (Å²) in [6, 6.07) is 8.00. The lowest BCUT2D eigenvalue weighted by Crippen LogP contribution is -2.43. The molecule has 1 aromatic rings. The summed E-state index contributed by atoms with van der Waals surface area (Å²) in [7, 11) is 0. The van der Waals surface area contributed by atoms with E-state index in [1.807, 2.05) is 32.0 Å². The number of amides is 1. The Morgan fingerprint density at radius 1 is 1.32 bits per heavy atom. The Bertz CT molecular complexity index is 555. The van der Waals surface area contributed by atoms with Crippen LogP contribution in [0.5, 0.6) is 0 Å². The van der Waals surface area contributed by atoms with E-state index < -0.39 is 11.4 Å². The zero-order chi connectivity index (χ0) is 16.2. The smallest absolute Gasteiger partial charge is 0.311 e. The number of carboxylic acid groups (broad SMARTS) is 1. The molecule has 1 unspecified atom stereocenters. The fraction of sp³-hybridized carbons (Fsp3) is 0.529. The zero-order valence-corrected chi connectivity index (χ0v) is 13.9. The van der Waals surface area contributed by atoms with Crippen LogP contribution in [0.4, 0.5) is 0 Å². The van der Waals surface area contributed by atoms with Crippen molar-refractivity contribution in [2.45, 2.75) is 38.4 Å². The summed E-state index contributed by atoms with van der Waals surface area (Å²) in [5, 5.41) is 12.1. The molecule has 0 bridgehead atoms. The number of hydrogen-bond donors (Lipinski definition) is 2. The van der Waals surface area contributed by atoms with Crippen molar-refractivity contribution >= 4 is 23.6 Å². The van der Waals surface area contributed by atoms with Crippen LogP contribution in [0, 0.1) is 5.41 Å². The number of thioether (sulfide) groups is 1. The van der Waals surface area contributed by atoms with Crippen LogP contribution in [-0.2, 0) is 16.0 Å². The van der Waals surface area contributed by atoms with Gasteiger partial charge in [-0.25, -0.2) is 0 Å². The minimum atomic E-state index is -0.867. The average Bonchev–Trinajstić information content (AvgIpc) is 2.55. The van der Waals surface area contributed by atoms with Crippen LogP contribution in [0.15, 0.2) is 24.3 Å². The van der Waals surface area contributed by atoms with Crippen molar-refractivity contribution in [3.8, 4) is 0 Å². The van der Waals surface area contributed by atoms with Crippen LogP contribution in [0.1, 0.15) is 43.1 Å². The minimum Gasteiger partial charge on any atom is -0.481 e. The molecule has 1 aliphatic heterocycles. The standard InChI is InChI=1S/C17H23NO3S/c1-3-17(4-2,16(20)21)11-18-15(19)14-13-8-6-5-7-12(13)9-10-22-14/h5-8,14H,3-4,9-11H2,1-2H3,(H,18,19)(H,20,21).